The standard InChI is InChI=1S/C48H55F2N7O2.C29H30BrF2N3O.C26H38BN3O3.2H2S/c1-7-32(25(2)3)45(58)57-31-12-8-30(18-31)42(57)44-53-37-15-11-28(21-38(37)54-44)27-9-13-33-34-14-10-29(20-36(34)48(49,50)35(33)19-27)39-23-52-43(55-39)40-22-47(16-17-47)24-56(40)46(59)41(51-6)26(4)5;1-4-19(16(2)3)27(36)35-15-28(9-10-28)13-25(35)26-33-14-24(34-26)17-5-7-20-21-8-6-18(30)12-23(21)29(31,32)22(20)11-17;1-8-19(15(2)3)24(31)30-18-11-9-16(13-18)22(30)23-28-20-12-10-17(14-21(20)29-23)27-32-25(4,5)26(6,7)33-27;;/h9-11,13-15,19-21,23,25-26,30-32,40-42,51H,7-8,12,16-18,22,24H2,1-6H3,(H,52,55)(H,53,54);5-8,11-12,14,16,19,25H,4,9-10,13,15H2,1-3H3,(H,33,34);10,12,14-16,18-19,22H,8-9,11,13H2,1-7H3,(H,28,29);2*1H2/t30-,31+,32-,40-,41-,42-;19-,25-;16-,18+,19-,22-;;/m000../s1. The molecule has 6 aromatic carbocycles. The minimum atomic E-state index is -3.21. The van der Waals surface area contributed by atoms with Crippen molar-refractivity contribution in [3.05, 3.63) is 172 Å². The molecule has 9 fully saturated rings. The lowest BCUT2D eigenvalue weighted by Gasteiger charge is -2.37. The number of H-pyrrole nitrogens is 4. The van der Waals surface area contributed by atoms with Gasteiger partial charge in [0.2, 0.25) is 23.6 Å². The van der Waals surface area contributed by atoms with E-state index in [9.17, 15) is 19.2 Å². The second kappa shape index (κ2) is 34.7. The number of amides is 4. The summed E-state index contributed by atoms with van der Waals surface area (Å²) in [7, 11) is 1.43. The summed E-state index contributed by atoms with van der Waals surface area (Å²) in [5, 5.41) is 3.21. The van der Waals surface area contributed by atoms with Crippen molar-refractivity contribution in [2.24, 2.45) is 64.1 Å². The molecule has 4 saturated carbocycles. The van der Waals surface area contributed by atoms with Crippen LogP contribution in [0.5, 0.6) is 0 Å². The van der Waals surface area contributed by atoms with E-state index in [2.05, 4.69) is 152 Å². The van der Waals surface area contributed by atoms with Crippen LogP contribution in [0.15, 0.2) is 126 Å². The number of likely N-dealkylation sites (N-methyl/N-ethyl adjacent to an activating group) is 1. The molecule has 2 spiro atoms. The first kappa shape index (κ1) is 93.2. The zero-order valence-corrected chi connectivity index (χ0v) is 81.4. The number of benzene rings is 6. The largest absolute Gasteiger partial charge is 0.494 e. The molecule has 9 heterocycles. The highest BCUT2D eigenvalue weighted by Crippen LogP contribution is 2.62. The lowest BCUT2D eigenvalue weighted by molar-refractivity contribution is -0.142. The van der Waals surface area contributed by atoms with Gasteiger partial charge in [0.05, 0.1) is 87.3 Å². The molecule has 5 aliphatic heterocycles. The lowest BCUT2D eigenvalue weighted by Crippen LogP contribution is -2.48. The number of hydrogen-bond acceptors (Lipinski definition) is 11. The van der Waals surface area contributed by atoms with Gasteiger partial charge in [0, 0.05) is 80.8 Å². The van der Waals surface area contributed by atoms with E-state index in [1.807, 2.05) is 85.3 Å². The highest BCUT2D eigenvalue weighted by molar-refractivity contribution is 9.10. The van der Waals surface area contributed by atoms with E-state index < -0.39 is 19.0 Å². The third-order valence-corrected chi connectivity index (χ3v) is 32.5. The first-order valence-electron chi connectivity index (χ1n) is 47.3. The van der Waals surface area contributed by atoms with Gasteiger partial charge in [-0.2, -0.15) is 44.6 Å². The van der Waals surface area contributed by atoms with E-state index in [0.29, 0.717) is 90.3 Å². The van der Waals surface area contributed by atoms with Crippen molar-refractivity contribution < 1.29 is 46.0 Å². The normalized spacial score (nSPS) is 24.4. The first-order valence-corrected chi connectivity index (χ1v) is 48.1. The zero-order chi connectivity index (χ0) is 90.2. The Morgan fingerprint density at radius 1 is 0.485 bits per heavy atom. The summed E-state index contributed by atoms with van der Waals surface area (Å²) in [6.07, 6.45) is 18.8. The lowest BCUT2D eigenvalue weighted by atomic mass is 9.79. The van der Waals surface area contributed by atoms with Crippen LogP contribution in [0.25, 0.3) is 78.0 Å². The highest BCUT2D eigenvalue weighted by atomic mass is 79.9. The summed E-state index contributed by atoms with van der Waals surface area (Å²) >= 11 is 3.32. The van der Waals surface area contributed by atoms with Crippen LogP contribution in [0.3, 0.4) is 0 Å². The van der Waals surface area contributed by atoms with Crippen molar-refractivity contribution >= 4 is 101 Å². The maximum atomic E-state index is 16.6. The Kier molecular flexibility index (Phi) is 24.9. The number of halogens is 5. The number of likely N-dealkylation sites (tertiary alicyclic amines) is 4. The topological polar surface area (TPSA) is 226 Å². The number of imidazole rings is 4. The van der Waals surface area contributed by atoms with Crippen molar-refractivity contribution in [1.82, 2.24) is 64.8 Å². The van der Waals surface area contributed by atoms with Crippen LogP contribution >= 0.6 is 42.9 Å². The molecule has 0 unspecified atom stereocenters. The van der Waals surface area contributed by atoms with Crippen molar-refractivity contribution in [2.45, 2.75) is 266 Å². The van der Waals surface area contributed by atoms with Crippen LogP contribution in [-0.2, 0) is 40.3 Å². The fourth-order valence-corrected chi connectivity index (χ4v) is 24.0. The molecule has 4 amide bonds. The zero-order valence-electron chi connectivity index (χ0n) is 77.8. The number of nitrogens with one attached hydrogen (secondary N) is 5. The van der Waals surface area contributed by atoms with Gasteiger partial charge in [-0.05, 0) is 271 Å². The SMILES string of the molecule is CC[C@H](C(=O)N1CC2(CC2)C[C@H]1c1ncc(-c2ccc3c(c2)C(F)(F)c2cc(Br)ccc2-3)[nH]1)C(C)C.CC[C@H](C(=O)N1[C@@H]2CC[C@@H](C2)[C@H]1c1nc2ccc(-c3ccc4c(c3)C(F)(F)c3cc(-c5cnc([C@@H]6CC7(CC7)CN6C(=O)[C@@H](NC)C(C)C)[nH]5)ccc3-4)cc2[nH]1)C(C)C.CC[C@H](C(=O)N1[C@@H]2CC[C@@H](C2)[C@H]1c1nc2ccc(B3OC(C)(C)C(C)(C)O3)cc2[nH]1)C(C)C.S.S. The average molecular weight is 1870 g/mol. The van der Waals surface area contributed by atoms with Crippen molar-refractivity contribution in [1.29, 1.82) is 0 Å². The van der Waals surface area contributed by atoms with Crippen LogP contribution in [-0.4, -0.2) is 140 Å². The smallest absolute Gasteiger partial charge is 0.399 e. The summed E-state index contributed by atoms with van der Waals surface area (Å²) in [6.45, 7) is 33.0. The van der Waals surface area contributed by atoms with Crippen molar-refractivity contribution in [3.63, 3.8) is 0 Å². The Labute approximate surface area is 784 Å². The number of fused-ring (bicyclic) bond motifs is 12. The van der Waals surface area contributed by atoms with Gasteiger partial charge in [-0.25, -0.2) is 19.9 Å². The monoisotopic (exact) mass is 1870 g/mol. The van der Waals surface area contributed by atoms with E-state index in [1.165, 1.54) is 12.5 Å². The second-order valence-electron chi connectivity index (χ2n) is 41.8. The molecule has 4 bridgehead atoms. The summed E-state index contributed by atoms with van der Waals surface area (Å²) < 4.78 is 77.1. The number of aromatic amines is 4. The van der Waals surface area contributed by atoms with Gasteiger partial charge < -0.3 is 54.2 Å². The van der Waals surface area contributed by atoms with Crippen molar-refractivity contribution in [2.75, 3.05) is 20.1 Å². The third kappa shape index (κ3) is 16.1. The molecule has 19 nitrogen and oxygen atoms in total. The van der Waals surface area contributed by atoms with Gasteiger partial charge in [0.15, 0.2) is 0 Å². The molecular weight excluding hydrogens is 1750 g/mol. The molecule has 11 aliphatic rings. The van der Waals surface area contributed by atoms with Crippen LogP contribution in [0.1, 0.15) is 270 Å². The molecule has 27 heteroatoms. The predicted octanol–water partition coefficient (Wildman–Crippen LogP) is 22.3. The number of alkyl halides is 4. The number of carbonyl (C=O) groups is 4. The number of piperidine rings is 2. The summed E-state index contributed by atoms with van der Waals surface area (Å²) in [6, 6.07) is 33.0. The molecule has 5 N–H and O–H groups in total. The van der Waals surface area contributed by atoms with Gasteiger partial charge in [-0.3, -0.25) is 19.2 Å². The van der Waals surface area contributed by atoms with E-state index in [4.69, 9.17) is 24.3 Å². The summed E-state index contributed by atoms with van der Waals surface area (Å²) in [5.74, 6) is -0.251. The molecule has 6 aliphatic carbocycles. The Morgan fingerprint density at radius 2 is 0.877 bits per heavy atom. The quantitative estimate of drug-likeness (QED) is 0.0356. The molecule has 10 aromatic rings. The Hall–Kier alpha value is -8.60. The van der Waals surface area contributed by atoms with Gasteiger partial charge in [-0.15, -0.1) is 0 Å². The van der Waals surface area contributed by atoms with Crippen LogP contribution < -0.4 is 10.8 Å². The molecule has 21 rings (SSSR count). The summed E-state index contributed by atoms with van der Waals surface area (Å²) in [4.78, 5) is 96.5. The number of hydrogen-bond donors (Lipinski definition) is 5. The van der Waals surface area contributed by atoms with Crippen molar-refractivity contribution in [3.8, 4) is 55.9 Å². The van der Waals surface area contributed by atoms with E-state index in [0.717, 1.165) is 154 Å². The Bertz CT molecular complexity index is 6000. The van der Waals surface area contributed by atoms with Gasteiger partial charge in [0.25, 0.3) is 11.8 Å². The maximum absolute atomic E-state index is 16.6. The molecule has 130 heavy (non-hydrogen) atoms. The third-order valence-electron chi connectivity index (χ3n) is 32.0. The number of nitrogens with zero attached hydrogens (tertiary/aromatic N) is 8. The minimum Gasteiger partial charge on any atom is -0.399 e. The van der Waals surface area contributed by atoms with Gasteiger partial charge >= 0.3 is 7.12 Å². The van der Waals surface area contributed by atoms with Crippen LogP contribution in [0, 0.1) is 64.1 Å². The van der Waals surface area contributed by atoms with E-state index in [1.54, 1.807) is 54.9 Å². The Morgan fingerprint density at radius 3 is 1.31 bits per heavy atom. The number of aromatic nitrogens is 8. The second-order valence-corrected chi connectivity index (χ2v) is 42.7. The molecule has 4 aromatic heterocycles. The molecule has 5 saturated heterocycles. The minimum absolute atomic E-state index is 0. The van der Waals surface area contributed by atoms with Gasteiger partial charge in [0.1, 0.15) is 23.3 Å². The maximum Gasteiger partial charge on any atom is 0.494 e. The first-order chi connectivity index (χ1) is 61.0. The molecule has 12 atom stereocenters. The fraction of sp³-hybridized carbons (Fsp3) is 0.534. The summed E-state index contributed by atoms with van der Waals surface area (Å²) in [5.41, 5.74) is 10.5. The van der Waals surface area contributed by atoms with E-state index in [-0.39, 0.29) is 161 Å². The van der Waals surface area contributed by atoms with Gasteiger partial charge in [-0.1, -0.05) is 147 Å². The average Bonchev–Trinajstić information content (AvgIpc) is 1.57. The van der Waals surface area contributed by atoms with Crippen LogP contribution in [0.4, 0.5) is 17.6 Å². The number of carbonyl (C=O) groups excluding carboxylic acids is 4. The number of rotatable bonds is 20. The highest BCUT2D eigenvalue weighted by Gasteiger charge is 2.59. The van der Waals surface area contributed by atoms with Crippen LogP contribution in [0.2, 0.25) is 0 Å². The molecule has 690 valence electrons. The Balaban J connectivity index is 0.000000144. The molecule has 0 radical (unpaired) electrons. The molecular formula is C103H127BBrF4N13O6S2. The fourth-order valence-electron chi connectivity index (χ4n) is 23.7. The predicted molar refractivity (Wildman–Crippen MR) is 517 cm³/mol. The van der Waals surface area contributed by atoms with E-state index >= 15 is 17.6 Å².